The highest BCUT2D eigenvalue weighted by Gasteiger charge is 2.40. The second kappa shape index (κ2) is 3.68. The van der Waals surface area contributed by atoms with Gasteiger partial charge < -0.3 is 25.8 Å². The average molecular weight is 177 g/mol. The molecule has 0 saturated carbocycles. The van der Waals surface area contributed by atoms with Crippen molar-refractivity contribution in [3.8, 4) is 0 Å². The van der Waals surface area contributed by atoms with Crippen LogP contribution in [0.5, 0.6) is 0 Å². The monoisotopic (exact) mass is 177 g/mol. The van der Waals surface area contributed by atoms with Crippen LogP contribution in [-0.4, -0.2) is 46.0 Å². The van der Waals surface area contributed by atoms with Crippen LogP contribution >= 0.6 is 0 Å². The molecule has 1 aliphatic rings. The lowest BCUT2D eigenvalue weighted by Crippen LogP contribution is -2.60. The number of nitrogens with two attached hydrogens (primary N) is 1. The fourth-order valence-corrected chi connectivity index (χ4v) is 1.30. The fourth-order valence-electron chi connectivity index (χ4n) is 1.30. The van der Waals surface area contributed by atoms with Gasteiger partial charge in [-0.15, -0.1) is 0 Å². The SMILES string of the molecule is CC[C@H]1O[C@H](O)[C@@H](N)[C@H](O)[C@@H]1O. The average Bonchev–Trinajstić information content (AvgIpc) is 2.08. The van der Waals surface area contributed by atoms with Crippen LogP contribution in [0.1, 0.15) is 13.3 Å². The summed E-state index contributed by atoms with van der Waals surface area (Å²) < 4.78 is 4.95. The van der Waals surface area contributed by atoms with Crippen LogP contribution in [0.4, 0.5) is 0 Å². The molecule has 1 heterocycles. The maximum absolute atomic E-state index is 9.36. The Kier molecular flexibility index (Phi) is 3.03. The molecule has 0 unspecified atom stereocenters. The Bertz CT molecular complexity index is 150. The standard InChI is InChI=1S/C7H15NO4/c1-2-3-5(9)6(10)4(8)7(11)12-3/h3-7,9-11H,2,8H2,1H3/t3-,4+,5-,6+,7+/m1/s1. The fraction of sp³-hybridized carbons (Fsp3) is 1.00. The predicted molar refractivity (Wildman–Crippen MR) is 41.2 cm³/mol. The van der Waals surface area contributed by atoms with E-state index in [0.29, 0.717) is 6.42 Å². The molecule has 1 aliphatic heterocycles. The van der Waals surface area contributed by atoms with Crippen molar-refractivity contribution in [1.82, 2.24) is 0 Å². The summed E-state index contributed by atoms with van der Waals surface area (Å²) in [7, 11) is 0. The summed E-state index contributed by atoms with van der Waals surface area (Å²) in [4.78, 5) is 0. The molecule has 5 nitrogen and oxygen atoms in total. The summed E-state index contributed by atoms with van der Waals surface area (Å²) in [6.07, 6.45) is -3.31. The number of ether oxygens (including phenoxy) is 1. The first-order valence-corrected chi connectivity index (χ1v) is 4.03. The molecule has 0 aromatic heterocycles. The molecule has 0 radical (unpaired) electrons. The maximum atomic E-state index is 9.36. The Morgan fingerprint density at radius 2 is 1.83 bits per heavy atom. The van der Waals surface area contributed by atoms with E-state index in [4.69, 9.17) is 15.6 Å². The van der Waals surface area contributed by atoms with Crippen LogP contribution in [0, 0.1) is 0 Å². The van der Waals surface area contributed by atoms with E-state index in [0.717, 1.165) is 0 Å². The number of aliphatic hydroxyl groups excluding tert-OH is 3. The predicted octanol–water partition coefficient (Wildman–Crippen LogP) is -1.84. The van der Waals surface area contributed by atoms with Crippen LogP contribution < -0.4 is 5.73 Å². The smallest absolute Gasteiger partial charge is 0.172 e. The van der Waals surface area contributed by atoms with Crippen molar-refractivity contribution in [3.05, 3.63) is 0 Å². The zero-order valence-corrected chi connectivity index (χ0v) is 6.92. The lowest BCUT2D eigenvalue weighted by Gasteiger charge is -2.38. The molecule has 1 rings (SSSR count). The normalized spacial score (nSPS) is 49.2. The van der Waals surface area contributed by atoms with Gasteiger partial charge in [0.1, 0.15) is 12.2 Å². The van der Waals surface area contributed by atoms with Gasteiger partial charge in [0.05, 0.1) is 12.1 Å². The molecule has 5 atom stereocenters. The van der Waals surface area contributed by atoms with E-state index >= 15 is 0 Å². The van der Waals surface area contributed by atoms with Crippen LogP contribution in [0.25, 0.3) is 0 Å². The molecule has 0 amide bonds. The Balaban J connectivity index is 2.63. The van der Waals surface area contributed by atoms with Gasteiger partial charge in [-0.1, -0.05) is 6.92 Å². The minimum absolute atomic E-state index is 0.530. The van der Waals surface area contributed by atoms with Gasteiger partial charge >= 0.3 is 0 Å². The Labute approximate surface area is 70.8 Å². The molecular weight excluding hydrogens is 162 g/mol. The van der Waals surface area contributed by atoms with Gasteiger partial charge in [-0.2, -0.15) is 0 Å². The first-order chi connectivity index (χ1) is 5.57. The third-order valence-electron chi connectivity index (χ3n) is 2.17. The highest BCUT2D eigenvalue weighted by Crippen LogP contribution is 2.20. The summed E-state index contributed by atoms with van der Waals surface area (Å²) in [5.41, 5.74) is 5.34. The van der Waals surface area contributed by atoms with Gasteiger partial charge in [-0.3, -0.25) is 0 Å². The van der Waals surface area contributed by atoms with Crippen LogP contribution in [-0.2, 0) is 4.74 Å². The summed E-state index contributed by atoms with van der Waals surface area (Å²) in [6, 6.07) is -0.928. The quantitative estimate of drug-likeness (QED) is 0.377. The topological polar surface area (TPSA) is 95.9 Å². The van der Waals surface area contributed by atoms with Crippen molar-refractivity contribution in [2.24, 2.45) is 5.73 Å². The molecule has 0 aromatic carbocycles. The third kappa shape index (κ3) is 1.60. The molecule has 72 valence electrons. The van der Waals surface area contributed by atoms with Gasteiger partial charge in [-0.25, -0.2) is 0 Å². The first kappa shape index (κ1) is 9.88. The van der Waals surface area contributed by atoms with E-state index in [-0.39, 0.29) is 0 Å². The van der Waals surface area contributed by atoms with E-state index in [2.05, 4.69) is 0 Å². The van der Waals surface area contributed by atoms with E-state index in [1.165, 1.54) is 0 Å². The van der Waals surface area contributed by atoms with Crippen LogP contribution in [0.15, 0.2) is 0 Å². The number of aliphatic hydroxyl groups is 3. The van der Waals surface area contributed by atoms with Gasteiger partial charge in [0, 0.05) is 0 Å². The van der Waals surface area contributed by atoms with Crippen molar-refractivity contribution in [3.63, 3.8) is 0 Å². The Hall–Kier alpha value is -0.200. The number of rotatable bonds is 1. The molecule has 1 saturated heterocycles. The molecule has 5 N–H and O–H groups in total. The number of hydrogen-bond donors (Lipinski definition) is 4. The van der Waals surface area contributed by atoms with Crippen molar-refractivity contribution >= 4 is 0 Å². The molecule has 1 fully saturated rings. The van der Waals surface area contributed by atoms with E-state index in [1.807, 2.05) is 0 Å². The van der Waals surface area contributed by atoms with Crippen molar-refractivity contribution < 1.29 is 20.1 Å². The van der Waals surface area contributed by atoms with Gasteiger partial charge in [0.2, 0.25) is 0 Å². The summed E-state index contributed by atoms with van der Waals surface area (Å²) in [5.74, 6) is 0. The lowest BCUT2D eigenvalue weighted by atomic mass is 9.96. The zero-order chi connectivity index (χ0) is 9.30. The second-order valence-electron chi connectivity index (χ2n) is 3.03. The summed E-state index contributed by atoms with van der Waals surface area (Å²) in [6.45, 7) is 1.80. The molecule has 5 heteroatoms. The zero-order valence-electron chi connectivity index (χ0n) is 6.92. The molecule has 0 spiro atoms. The van der Waals surface area contributed by atoms with E-state index in [9.17, 15) is 10.2 Å². The molecule has 0 aromatic rings. The summed E-state index contributed by atoms with van der Waals surface area (Å²) >= 11 is 0. The lowest BCUT2D eigenvalue weighted by molar-refractivity contribution is -0.242. The Morgan fingerprint density at radius 1 is 1.25 bits per heavy atom. The van der Waals surface area contributed by atoms with Crippen molar-refractivity contribution in [2.45, 2.75) is 44.0 Å². The van der Waals surface area contributed by atoms with Crippen molar-refractivity contribution in [1.29, 1.82) is 0 Å². The highest BCUT2D eigenvalue weighted by atomic mass is 16.6. The van der Waals surface area contributed by atoms with Gasteiger partial charge in [0.15, 0.2) is 6.29 Å². The van der Waals surface area contributed by atoms with Crippen LogP contribution in [0.2, 0.25) is 0 Å². The summed E-state index contributed by atoms with van der Waals surface area (Å²) in [5, 5.41) is 27.8. The maximum Gasteiger partial charge on any atom is 0.172 e. The highest BCUT2D eigenvalue weighted by molar-refractivity contribution is 4.90. The first-order valence-electron chi connectivity index (χ1n) is 4.03. The van der Waals surface area contributed by atoms with Gasteiger partial charge in [-0.05, 0) is 6.42 Å². The van der Waals surface area contributed by atoms with E-state index in [1.54, 1.807) is 6.92 Å². The number of hydrogen-bond acceptors (Lipinski definition) is 5. The Morgan fingerprint density at radius 3 is 2.33 bits per heavy atom. The molecule has 12 heavy (non-hydrogen) atoms. The van der Waals surface area contributed by atoms with E-state index < -0.39 is 30.6 Å². The minimum atomic E-state index is -1.19. The molecule has 0 bridgehead atoms. The second-order valence-corrected chi connectivity index (χ2v) is 3.03. The van der Waals surface area contributed by atoms with Crippen LogP contribution in [0.3, 0.4) is 0 Å². The van der Waals surface area contributed by atoms with Gasteiger partial charge in [0.25, 0.3) is 0 Å². The largest absolute Gasteiger partial charge is 0.388 e. The van der Waals surface area contributed by atoms with Crippen molar-refractivity contribution in [2.75, 3.05) is 0 Å². The molecule has 0 aliphatic carbocycles. The minimum Gasteiger partial charge on any atom is -0.388 e. The molecular formula is C7H15NO4. The third-order valence-corrected chi connectivity index (χ3v) is 2.17.